The van der Waals surface area contributed by atoms with Crippen LogP contribution in [0.1, 0.15) is 55.0 Å². The zero-order chi connectivity index (χ0) is 22.6. The first-order valence-electron chi connectivity index (χ1n) is 9.98. The molecule has 0 fully saturated rings. The van der Waals surface area contributed by atoms with E-state index in [-0.39, 0.29) is 29.3 Å². The summed E-state index contributed by atoms with van der Waals surface area (Å²) >= 11 is 0. The number of sulfonamides is 1. The van der Waals surface area contributed by atoms with E-state index in [1.165, 1.54) is 7.05 Å². The molecule has 164 valence electrons. The molecular formula is C23H32N2O4S. The van der Waals surface area contributed by atoms with E-state index in [9.17, 15) is 13.2 Å². The molecule has 1 N–H and O–H groups in total. The standard InChI is InChI=1S/C23H32N2O4S/c1-15(2)20-13-21(17(4)12-22(20)29-7)18(5)24-23(26)14-25(6)30(27,28)19-10-8-16(3)9-11-19/h8-13,15,18H,14H2,1-7H3,(H,24,26)/t18-/m0/s1. The molecule has 6 nitrogen and oxygen atoms in total. The second-order valence-electron chi connectivity index (χ2n) is 7.97. The summed E-state index contributed by atoms with van der Waals surface area (Å²) in [6.07, 6.45) is 0. The zero-order valence-electron chi connectivity index (χ0n) is 18.8. The predicted octanol–water partition coefficient (Wildman–Crippen LogP) is 3.93. The number of ether oxygens (including phenoxy) is 1. The van der Waals surface area contributed by atoms with Crippen LogP contribution in [0, 0.1) is 13.8 Å². The number of hydrogen-bond acceptors (Lipinski definition) is 4. The maximum Gasteiger partial charge on any atom is 0.243 e. The number of aryl methyl sites for hydroxylation is 2. The summed E-state index contributed by atoms with van der Waals surface area (Å²) < 4.78 is 32.0. The van der Waals surface area contributed by atoms with Crippen molar-refractivity contribution in [3.63, 3.8) is 0 Å². The molecule has 0 aliphatic heterocycles. The highest BCUT2D eigenvalue weighted by Gasteiger charge is 2.24. The Hall–Kier alpha value is -2.38. The van der Waals surface area contributed by atoms with E-state index in [1.807, 2.05) is 26.8 Å². The maximum absolute atomic E-state index is 12.7. The van der Waals surface area contributed by atoms with Crippen molar-refractivity contribution in [2.45, 2.75) is 51.5 Å². The maximum atomic E-state index is 12.7. The van der Waals surface area contributed by atoms with E-state index < -0.39 is 10.0 Å². The number of amides is 1. The molecule has 0 aliphatic rings. The topological polar surface area (TPSA) is 75.7 Å². The van der Waals surface area contributed by atoms with Gasteiger partial charge in [-0.05, 0) is 67.6 Å². The number of methoxy groups -OCH3 is 1. The predicted molar refractivity (Wildman–Crippen MR) is 119 cm³/mol. The minimum absolute atomic E-state index is 0.170. The molecule has 0 heterocycles. The molecule has 0 aliphatic carbocycles. The lowest BCUT2D eigenvalue weighted by atomic mass is 9.93. The zero-order valence-corrected chi connectivity index (χ0v) is 19.6. The van der Waals surface area contributed by atoms with E-state index in [4.69, 9.17) is 4.74 Å². The van der Waals surface area contributed by atoms with Crippen molar-refractivity contribution in [1.82, 2.24) is 9.62 Å². The largest absolute Gasteiger partial charge is 0.496 e. The summed E-state index contributed by atoms with van der Waals surface area (Å²) in [6.45, 7) is 9.67. The van der Waals surface area contributed by atoms with Gasteiger partial charge in [0.05, 0.1) is 24.6 Å². The summed E-state index contributed by atoms with van der Waals surface area (Å²) in [5.41, 5.74) is 4.03. The number of carbonyl (C=O) groups is 1. The van der Waals surface area contributed by atoms with Crippen LogP contribution in [0.2, 0.25) is 0 Å². The number of carbonyl (C=O) groups excluding carboxylic acids is 1. The number of hydrogen-bond donors (Lipinski definition) is 1. The first kappa shape index (κ1) is 23.9. The van der Waals surface area contributed by atoms with E-state index in [0.29, 0.717) is 0 Å². The fourth-order valence-corrected chi connectivity index (χ4v) is 4.48. The van der Waals surface area contributed by atoms with Crippen LogP contribution in [0.5, 0.6) is 5.75 Å². The van der Waals surface area contributed by atoms with Gasteiger partial charge in [-0.15, -0.1) is 0 Å². The van der Waals surface area contributed by atoms with E-state index >= 15 is 0 Å². The molecule has 30 heavy (non-hydrogen) atoms. The van der Waals surface area contributed by atoms with Crippen molar-refractivity contribution < 1.29 is 17.9 Å². The van der Waals surface area contributed by atoms with Gasteiger partial charge in [-0.2, -0.15) is 4.31 Å². The Morgan fingerprint density at radius 1 is 1.07 bits per heavy atom. The molecule has 0 bridgehead atoms. The summed E-state index contributed by atoms with van der Waals surface area (Å²) in [5.74, 6) is 0.740. The van der Waals surface area contributed by atoms with Gasteiger partial charge in [0.1, 0.15) is 5.75 Å². The molecule has 0 aromatic heterocycles. The number of nitrogens with zero attached hydrogens (tertiary/aromatic N) is 1. The lowest BCUT2D eigenvalue weighted by Gasteiger charge is -2.22. The fourth-order valence-electron chi connectivity index (χ4n) is 3.35. The Labute approximate surface area is 180 Å². The van der Waals surface area contributed by atoms with Crippen molar-refractivity contribution >= 4 is 15.9 Å². The third-order valence-electron chi connectivity index (χ3n) is 5.18. The van der Waals surface area contributed by atoms with Gasteiger partial charge in [-0.1, -0.05) is 31.5 Å². The Morgan fingerprint density at radius 2 is 1.67 bits per heavy atom. The van der Waals surface area contributed by atoms with Gasteiger partial charge in [-0.3, -0.25) is 4.79 Å². The van der Waals surface area contributed by atoms with Crippen molar-refractivity contribution in [1.29, 1.82) is 0 Å². The molecule has 0 radical (unpaired) electrons. The molecule has 0 spiro atoms. The molecule has 2 aromatic rings. The molecule has 0 saturated carbocycles. The third kappa shape index (κ3) is 5.40. The van der Waals surface area contributed by atoms with Gasteiger partial charge in [-0.25, -0.2) is 8.42 Å². The Bertz CT molecular complexity index is 999. The van der Waals surface area contributed by atoms with E-state index in [2.05, 4.69) is 25.2 Å². The van der Waals surface area contributed by atoms with Crippen LogP contribution in [0.25, 0.3) is 0 Å². The molecule has 1 atom stereocenters. The first-order valence-corrected chi connectivity index (χ1v) is 11.4. The highest BCUT2D eigenvalue weighted by atomic mass is 32.2. The second kappa shape index (κ2) is 9.62. The number of rotatable bonds is 8. The van der Waals surface area contributed by atoms with Crippen molar-refractivity contribution in [2.75, 3.05) is 20.7 Å². The smallest absolute Gasteiger partial charge is 0.243 e. The molecule has 2 aromatic carbocycles. The van der Waals surface area contributed by atoms with Gasteiger partial charge in [0.25, 0.3) is 0 Å². The minimum atomic E-state index is -3.73. The minimum Gasteiger partial charge on any atom is -0.496 e. The van der Waals surface area contributed by atoms with Crippen LogP contribution in [-0.4, -0.2) is 39.3 Å². The summed E-state index contributed by atoms with van der Waals surface area (Å²) in [6, 6.07) is 10.3. The average Bonchev–Trinajstić information content (AvgIpc) is 2.67. The van der Waals surface area contributed by atoms with Gasteiger partial charge in [0.15, 0.2) is 0 Å². The van der Waals surface area contributed by atoms with E-state index in [0.717, 1.165) is 32.3 Å². The van der Waals surface area contributed by atoms with Crippen LogP contribution in [0.15, 0.2) is 41.3 Å². The van der Waals surface area contributed by atoms with Crippen molar-refractivity contribution in [3.05, 3.63) is 58.7 Å². The number of nitrogens with one attached hydrogen (secondary N) is 1. The number of likely N-dealkylation sites (N-methyl/N-ethyl adjacent to an activating group) is 1. The lowest BCUT2D eigenvalue weighted by molar-refractivity contribution is -0.121. The third-order valence-corrected chi connectivity index (χ3v) is 7.00. The van der Waals surface area contributed by atoms with Crippen LogP contribution >= 0.6 is 0 Å². The second-order valence-corrected chi connectivity index (χ2v) is 10.0. The molecule has 0 saturated heterocycles. The van der Waals surface area contributed by atoms with Crippen molar-refractivity contribution in [3.8, 4) is 5.75 Å². The normalized spacial score (nSPS) is 12.8. The fraction of sp³-hybridized carbons (Fsp3) is 0.435. The van der Waals surface area contributed by atoms with E-state index in [1.54, 1.807) is 31.4 Å². The molecule has 0 unspecified atom stereocenters. The summed E-state index contributed by atoms with van der Waals surface area (Å²) in [5, 5.41) is 2.92. The first-order chi connectivity index (χ1) is 14.0. The molecule has 7 heteroatoms. The molecule has 2 rings (SSSR count). The highest BCUT2D eigenvalue weighted by Crippen LogP contribution is 2.32. The summed E-state index contributed by atoms with van der Waals surface area (Å²) in [7, 11) is -0.670. The highest BCUT2D eigenvalue weighted by molar-refractivity contribution is 7.89. The van der Waals surface area contributed by atoms with Gasteiger partial charge in [0, 0.05) is 7.05 Å². The summed E-state index contributed by atoms with van der Waals surface area (Å²) in [4.78, 5) is 12.8. The lowest BCUT2D eigenvalue weighted by Crippen LogP contribution is -2.39. The Kier molecular flexibility index (Phi) is 7.66. The van der Waals surface area contributed by atoms with Gasteiger partial charge >= 0.3 is 0 Å². The SMILES string of the molecule is COc1cc(C)c([C@H](C)NC(=O)CN(C)S(=O)(=O)c2ccc(C)cc2)cc1C(C)C. The van der Waals surface area contributed by atoms with Crippen LogP contribution in [-0.2, 0) is 14.8 Å². The van der Waals surface area contributed by atoms with Gasteiger partial charge in [0.2, 0.25) is 15.9 Å². The van der Waals surface area contributed by atoms with Crippen molar-refractivity contribution in [2.24, 2.45) is 0 Å². The monoisotopic (exact) mass is 432 g/mol. The van der Waals surface area contributed by atoms with Crippen LogP contribution < -0.4 is 10.1 Å². The average molecular weight is 433 g/mol. The van der Waals surface area contributed by atoms with Crippen LogP contribution in [0.3, 0.4) is 0 Å². The van der Waals surface area contributed by atoms with Gasteiger partial charge < -0.3 is 10.1 Å². The Morgan fingerprint density at radius 3 is 2.20 bits per heavy atom. The molecule has 1 amide bonds. The van der Waals surface area contributed by atoms with Crippen LogP contribution in [0.4, 0.5) is 0 Å². The Balaban J connectivity index is 2.14. The molecular weight excluding hydrogens is 400 g/mol. The number of benzene rings is 2. The quantitative estimate of drug-likeness (QED) is 0.686.